The number of amides is 2. The first-order valence-corrected chi connectivity index (χ1v) is 15.2. The molecule has 1 unspecified atom stereocenters. The van der Waals surface area contributed by atoms with Gasteiger partial charge in [-0.05, 0) is 62.3 Å². The SMILES string of the molecule is CCCn1c(=O)c2c(n(C3CC3)c1=O)N=C(c1ccc(N(CCC3CCC(=O)N(C)C3)C(=O)c3ccc(Cl)nc3)nc1)C2. The van der Waals surface area contributed by atoms with Crippen LogP contribution in [-0.2, 0) is 17.8 Å². The maximum absolute atomic E-state index is 13.6. The second-order valence-electron chi connectivity index (χ2n) is 11.6. The fourth-order valence-electron chi connectivity index (χ4n) is 5.91. The van der Waals surface area contributed by atoms with Crippen LogP contribution in [0.15, 0.2) is 51.2 Å². The normalized spacial score (nSPS) is 18.0. The van der Waals surface area contributed by atoms with Crippen molar-refractivity contribution in [2.45, 2.75) is 64.5 Å². The van der Waals surface area contributed by atoms with Crippen LogP contribution in [0.3, 0.4) is 0 Å². The van der Waals surface area contributed by atoms with E-state index in [2.05, 4.69) is 9.97 Å². The molecule has 0 bridgehead atoms. The minimum absolute atomic E-state index is 0.0811. The predicted molar refractivity (Wildman–Crippen MR) is 164 cm³/mol. The van der Waals surface area contributed by atoms with E-state index in [0.717, 1.165) is 24.8 Å². The Morgan fingerprint density at radius 2 is 1.88 bits per heavy atom. The lowest BCUT2D eigenvalue weighted by atomic mass is 9.94. The summed E-state index contributed by atoms with van der Waals surface area (Å²) < 4.78 is 3.03. The number of halogens is 1. The van der Waals surface area contributed by atoms with Gasteiger partial charge in [-0.1, -0.05) is 18.5 Å². The van der Waals surface area contributed by atoms with E-state index >= 15 is 0 Å². The number of carbonyl (C=O) groups excluding carboxylic acids is 2. The van der Waals surface area contributed by atoms with E-state index in [1.807, 2.05) is 20.0 Å². The van der Waals surface area contributed by atoms with Gasteiger partial charge in [0.2, 0.25) is 5.91 Å². The summed E-state index contributed by atoms with van der Waals surface area (Å²) in [6.45, 7) is 3.39. The van der Waals surface area contributed by atoms with Crippen LogP contribution in [-0.4, -0.2) is 61.7 Å². The molecule has 11 nitrogen and oxygen atoms in total. The summed E-state index contributed by atoms with van der Waals surface area (Å²) in [6.07, 6.45) is 7.92. The summed E-state index contributed by atoms with van der Waals surface area (Å²) in [5, 5.41) is 0.299. The highest BCUT2D eigenvalue weighted by molar-refractivity contribution is 6.29. The zero-order chi connectivity index (χ0) is 30.2. The van der Waals surface area contributed by atoms with Gasteiger partial charge >= 0.3 is 5.69 Å². The minimum Gasteiger partial charge on any atom is -0.345 e. The standard InChI is InChI=1S/C31H34ClN7O4/c1-3-13-38-30(42)23-15-24(35-28(23)39(31(38)43)22-7-8-22)20-6-10-26(34-16-20)37(29(41)21-5-9-25(32)33-17-21)14-12-19-4-11-27(40)36(2)18-19/h5-6,9-10,16-17,19,22H,3-4,7-8,11-15,18H2,1-2H3. The van der Waals surface area contributed by atoms with Crippen LogP contribution in [0.4, 0.5) is 11.6 Å². The summed E-state index contributed by atoms with van der Waals surface area (Å²) in [6, 6.07) is 6.93. The van der Waals surface area contributed by atoms with E-state index in [1.165, 1.54) is 10.8 Å². The number of fused-ring (bicyclic) bond motifs is 1. The molecule has 1 saturated carbocycles. The molecule has 3 aromatic rings. The molecular formula is C31H34ClN7O4. The third kappa shape index (κ3) is 5.78. The molecule has 6 rings (SSSR count). The van der Waals surface area contributed by atoms with Gasteiger partial charge in [-0.25, -0.2) is 19.8 Å². The number of pyridine rings is 2. The second-order valence-corrected chi connectivity index (χ2v) is 12.0. The maximum Gasteiger partial charge on any atom is 0.332 e. The van der Waals surface area contributed by atoms with Crippen molar-refractivity contribution in [3.63, 3.8) is 0 Å². The van der Waals surface area contributed by atoms with Crippen molar-refractivity contribution < 1.29 is 9.59 Å². The number of nitrogens with zero attached hydrogens (tertiary/aromatic N) is 7. The summed E-state index contributed by atoms with van der Waals surface area (Å²) in [4.78, 5) is 68.9. The van der Waals surface area contributed by atoms with E-state index in [9.17, 15) is 19.2 Å². The summed E-state index contributed by atoms with van der Waals surface area (Å²) in [5.74, 6) is 1.10. The number of rotatable bonds is 9. The number of aromatic nitrogens is 4. The molecule has 0 radical (unpaired) electrons. The highest BCUT2D eigenvalue weighted by Crippen LogP contribution is 2.39. The molecule has 0 spiro atoms. The number of likely N-dealkylation sites (tertiary alicyclic amines) is 1. The molecule has 224 valence electrons. The zero-order valence-corrected chi connectivity index (χ0v) is 25.1. The van der Waals surface area contributed by atoms with Crippen LogP contribution in [0.5, 0.6) is 0 Å². The van der Waals surface area contributed by atoms with Crippen LogP contribution in [0.2, 0.25) is 5.15 Å². The first-order valence-electron chi connectivity index (χ1n) is 14.8. The van der Waals surface area contributed by atoms with Gasteiger partial charge < -0.3 is 4.90 Å². The van der Waals surface area contributed by atoms with Crippen molar-refractivity contribution in [3.8, 4) is 0 Å². The van der Waals surface area contributed by atoms with E-state index in [4.69, 9.17) is 16.6 Å². The molecule has 2 fully saturated rings. The molecule has 43 heavy (non-hydrogen) atoms. The monoisotopic (exact) mass is 603 g/mol. The summed E-state index contributed by atoms with van der Waals surface area (Å²) in [5.41, 5.74) is 1.77. The number of hydrogen-bond acceptors (Lipinski definition) is 7. The van der Waals surface area contributed by atoms with Gasteiger partial charge in [-0.3, -0.25) is 28.4 Å². The molecule has 0 N–H and O–H groups in total. The Bertz CT molecular complexity index is 1710. The van der Waals surface area contributed by atoms with Crippen molar-refractivity contribution in [1.29, 1.82) is 0 Å². The molecule has 0 aromatic carbocycles. The minimum atomic E-state index is -0.286. The third-order valence-electron chi connectivity index (χ3n) is 8.45. The first kappa shape index (κ1) is 29.0. The lowest BCUT2D eigenvalue weighted by Gasteiger charge is -2.31. The summed E-state index contributed by atoms with van der Waals surface area (Å²) >= 11 is 5.96. The van der Waals surface area contributed by atoms with Gasteiger partial charge in [0.1, 0.15) is 16.8 Å². The fourth-order valence-corrected chi connectivity index (χ4v) is 6.02. The van der Waals surface area contributed by atoms with Gasteiger partial charge in [-0.15, -0.1) is 0 Å². The number of piperidine rings is 1. The number of aliphatic imine (C=N–C) groups is 1. The highest BCUT2D eigenvalue weighted by Gasteiger charge is 2.34. The molecule has 1 saturated heterocycles. The van der Waals surface area contributed by atoms with Crippen LogP contribution >= 0.6 is 11.6 Å². The van der Waals surface area contributed by atoms with E-state index in [-0.39, 0.29) is 35.0 Å². The number of hydrogen-bond donors (Lipinski definition) is 0. The topological polar surface area (TPSA) is 123 Å². The third-order valence-corrected chi connectivity index (χ3v) is 8.67. The van der Waals surface area contributed by atoms with E-state index in [1.54, 1.807) is 38.8 Å². The molecule has 1 atom stereocenters. The van der Waals surface area contributed by atoms with Gasteiger partial charge in [0.15, 0.2) is 0 Å². The lowest BCUT2D eigenvalue weighted by Crippen LogP contribution is -2.41. The molecular weight excluding hydrogens is 570 g/mol. The Kier molecular flexibility index (Phi) is 8.00. The van der Waals surface area contributed by atoms with Crippen LogP contribution < -0.4 is 16.1 Å². The lowest BCUT2D eigenvalue weighted by molar-refractivity contribution is -0.133. The second kappa shape index (κ2) is 11.9. The zero-order valence-electron chi connectivity index (χ0n) is 24.3. The Balaban J connectivity index is 1.27. The largest absolute Gasteiger partial charge is 0.345 e. The Labute approximate surface area is 253 Å². The van der Waals surface area contributed by atoms with Crippen LogP contribution in [0.25, 0.3) is 0 Å². The predicted octanol–water partition coefficient (Wildman–Crippen LogP) is 3.78. The molecule has 2 aliphatic heterocycles. The Hall–Kier alpha value is -4.12. The van der Waals surface area contributed by atoms with Crippen molar-refractivity contribution in [3.05, 3.63) is 79.3 Å². The number of anilines is 1. The van der Waals surface area contributed by atoms with Crippen molar-refractivity contribution in [2.75, 3.05) is 25.0 Å². The Morgan fingerprint density at radius 1 is 1.07 bits per heavy atom. The van der Waals surface area contributed by atoms with E-state index in [0.29, 0.717) is 78.9 Å². The molecule has 12 heteroatoms. The van der Waals surface area contributed by atoms with E-state index < -0.39 is 0 Å². The maximum atomic E-state index is 13.6. The summed E-state index contributed by atoms with van der Waals surface area (Å²) in [7, 11) is 1.81. The van der Waals surface area contributed by atoms with Gasteiger partial charge in [0, 0.05) is 63.5 Å². The molecule has 5 heterocycles. The molecule has 2 amide bonds. The van der Waals surface area contributed by atoms with Gasteiger partial charge in [-0.2, -0.15) is 0 Å². The average Bonchev–Trinajstić information content (AvgIpc) is 3.74. The van der Waals surface area contributed by atoms with Gasteiger partial charge in [0.25, 0.3) is 11.5 Å². The van der Waals surface area contributed by atoms with Crippen molar-refractivity contribution >= 4 is 40.8 Å². The quantitative estimate of drug-likeness (QED) is 0.343. The molecule has 1 aliphatic carbocycles. The van der Waals surface area contributed by atoms with Crippen LogP contribution in [0, 0.1) is 5.92 Å². The Morgan fingerprint density at radius 3 is 2.53 bits per heavy atom. The smallest absolute Gasteiger partial charge is 0.332 e. The highest BCUT2D eigenvalue weighted by atomic mass is 35.5. The van der Waals surface area contributed by atoms with Crippen molar-refractivity contribution in [1.82, 2.24) is 24.0 Å². The average molecular weight is 604 g/mol. The molecule has 3 aliphatic rings. The number of carbonyl (C=O) groups is 2. The first-order chi connectivity index (χ1) is 20.7. The van der Waals surface area contributed by atoms with Gasteiger partial charge in [0.05, 0.1) is 16.8 Å². The molecule has 3 aromatic heterocycles. The fraction of sp³-hybridized carbons (Fsp3) is 0.452. The van der Waals surface area contributed by atoms with Crippen molar-refractivity contribution in [2.24, 2.45) is 10.9 Å². The van der Waals surface area contributed by atoms with Crippen LogP contribution in [0.1, 0.15) is 73.0 Å².